The maximum atomic E-state index is 4.20. The Morgan fingerprint density at radius 2 is 1.95 bits per heavy atom. The van der Waals surface area contributed by atoms with Gasteiger partial charge in [0.25, 0.3) is 0 Å². The third-order valence-electron chi connectivity index (χ3n) is 3.47. The first kappa shape index (κ1) is 19.0. The van der Waals surface area contributed by atoms with E-state index in [1.165, 1.54) is 38.9 Å². The highest BCUT2D eigenvalue weighted by atomic mass is 127. The third kappa shape index (κ3) is 8.68. The summed E-state index contributed by atoms with van der Waals surface area (Å²) < 4.78 is 0. The standard InChI is InChI=1S/C14H30N4.HI/c1-12(2)17-14(15-4)16-8-5-9-18-10-6-13(3)7-11-18;/h12-13H,5-11H2,1-4H3,(H2,15,16,17);1H. The van der Waals surface area contributed by atoms with Crippen molar-refractivity contribution in [3.05, 3.63) is 0 Å². The van der Waals surface area contributed by atoms with Crippen molar-refractivity contribution >= 4 is 29.9 Å². The molecule has 0 radical (unpaired) electrons. The molecule has 1 heterocycles. The van der Waals surface area contributed by atoms with Gasteiger partial charge in [-0.1, -0.05) is 6.92 Å². The highest BCUT2D eigenvalue weighted by molar-refractivity contribution is 14.0. The molecule has 5 heteroatoms. The van der Waals surface area contributed by atoms with Gasteiger partial charge in [-0.3, -0.25) is 4.99 Å². The quantitative estimate of drug-likeness (QED) is 0.332. The van der Waals surface area contributed by atoms with E-state index in [-0.39, 0.29) is 24.0 Å². The van der Waals surface area contributed by atoms with Gasteiger partial charge in [0.2, 0.25) is 0 Å². The Morgan fingerprint density at radius 3 is 2.47 bits per heavy atom. The average Bonchev–Trinajstić information content (AvgIpc) is 2.34. The largest absolute Gasteiger partial charge is 0.356 e. The minimum Gasteiger partial charge on any atom is -0.356 e. The maximum absolute atomic E-state index is 4.20. The van der Waals surface area contributed by atoms with Gasteiger partial charge in [-0.15, -0.1) is 24.0 Å². The van der Waals surface area contributed by atoms with Gasteiger partial charge in [-0.2, -0.15) is 0 Å². The molecule has 0 aliphatic carbocycles. The minimum absolute atomic E-state index is 0. The van der Waals surface area contributed by atoms with Crippen LogP contribution in [0.1, 0.15) is 40.0 Å². The van der Waals surface area contributed by atoms with Gasteiger partial charge >= 0.3 is 0 Å². The van der Waals surface area contributed by atoms with Crippen LogP contribution in [0.5, 0.6) is 0 Å². The van der Waals surface area contributed by atoms with Crippen molar-refractivity contribution in [3.63, 3.8) is 0 Å². The second-order valence-corrected chi connectivity index (χ2v) is 5.68. The summed E-state index contributed by atoms with van der Waals surface area (Å²) in [6.45, 7) is 11.4. The van der Waals surface area contributed by atoms with Crippen LogP contribution in [0.4, 0.5) is 0 Å². The fourth-order valence-electron chi connectivity index (χ4n) is 2.26. The molecule has 1 aliphatic rings. The van der Waals surface area contributed by atoms with Crippen LogP contribution >= 0.6 is 24.0 Å². The molecule has 0 spiro atoms. The van der Waals surface area contributed by atoms with E-state index >= 15 is 0 Å². The Balaban J connectivity index is 0.00000324. The average molecular weight is 382 g/mol. The van der Waals surface area contributed by atoms with E-state index in [4.69, 9.17) is 0 Å². The summed E-state index contributed by atoms with van der Waals surface area (Å²) in [5.74, 6) is 1.84. The fraction of sp³-hybridized carbons (Fsp3) is 0.929. The molecule has 0 aromatic heterocycles. The number of likely N-dealkylation sites (tertiary alicyclic amines) is 1. The molecule has 0 bridgehead atoms. The zero-order valence-electron chi connectivity index (χ0n) is 12.9. The molecule has 0 saturated carbocycles. The fourth-order valence-corrected chi connectivity index (χ4v) is 2.26. The minimum atomic E-state index is 0. The van der Waals surface area contributed by atoms with E-state index in [9.17, 15) is 0 Å². The van der Waals surface area contributed by atoms with Gasteiger partial charge in [-0.05, 0) is 58.7 Å². The number of nitrogens with zero attached hydrogens (tertiary/aromatic N) is 2. The van der Waals surface area contributed by atoms with Crippen LogP contribution in [-0.4, -0.2) is 50.1 Å². The van der Waals surface area contributed by atoms with Crippen LogP contribution in [0.2, 0.25) is 0 Å². The summed E-state index contributed by atoms with van der Waals surface area (Å²) in [7, 11) is 1.82. The van der Waals surface area contributed by atoms with Crippen molar-refractivity contribution in [1.29, 1.82) is 0 Å². The molecule has 1 rings (SSSR count). The molecule has 1 aliphatic heterocycles. The van der Waals surface area contributed by atoms with Crippen molar-refractivity contribution in [2.24, 2.45) is 10.9 Å². The summed E-state index contributed by atoms with van der Waals surface area (Å²) in [4.78, 5) is 6.79. The molecule has 0 unspecified atom stereocenters. The number of aliphatic imine (C=N–C) groups is 1. The number of hydrogen-bond acceptors (Lipinski definition) is 2. The first-order chi connectivity index (χ1) is 8.61. The van der Waals surface area contributed by atoms with Gasteiger partial charge in [-0.25, -0.2) is 0 Å². The van der Waals surface area contributed by atoms with E-state index in [1.807, 2.05) is 7.05 Å². The first-order valence-corrected chi connectivity index (χ1v) is 7.31. The zero-order valence-corrected chi connectivity index (χ0v) is 15.2. The van der Waals surface area contributed by atoms with Gasteiger partial charge in [0, 0.05) is 19.6 Å². The van der Waals surface area contributed by atoms with Crippen molar-refractivity contribution in [3.8, 4) is 0 Å². The third-order valence-corrected chi connectivity index (χ3v) is 3.47. The van der Waals surface area contributed by atoms with Crippen LogP contribution < -0.4 is 10.6 Å². The number of hydrogen-bond donors (Lipinski definition) is 2. The second kappa shape index (κ2) is 10.7. The Bertz CT molecular complexity index is 248. The van der Waals surface area contributed by atoms with E-state index in [0.717, 1.165) is 18.4 Å². The van der Waals surface area contributed by atoms with E-state index in [0.29, 0.717) is 6.04 Å². The molecular formula is C14H31IN4. The van der Waals surface area contributed by atoms with Crippen LogP contribution in [0.3, 0.4) is 0 Å². The Hall–Kier alpha value is -0.0400. The lowest BCUT2D eigenvalue weighted by Gasteiger charge is -2.30. The number of nitrogens with one attached hydrogen (secondary N) is 2. The highest BCUT2D eigenvalue weighted by Gasteiger charge is 2.14. The van der Waals surface area contributed by atoms with Crippen molar-refractivity contribution in [2.75, 3.05) is 33.2 Å². The summed E-state index contributed by atoms with van der Waals surface area (Å²) in [5, 5.41) is 6.66. The van der Waals surface area contributed by atoms with E-state index < -0.39 is 0 Å². The molecule has 1 fully saturated rings. The lowest BCUT2D eigenvalue weighted by atomic mass is 9.99. The summed E-state index contributed by atoms with van der Waals surface area (Å²) in [6.07, 6.45) is 3.92. The Kier molecular flexibility index (Phi) is 10.7. The highest BCUT2D eigenvalue weighted by Crippen LogP contribution is 2.15. The topological polar surface area (TPSA) is 39.7 Å². The number of piperidine rings is 1. The second-order valence-electron chi connectivity index (χ2n) is 5.68. The summed E-state index contributed by atoms with van der Waals surface area (Å²) in [5.41, 5.74) is 0. The molecule has 0 aromatic carbocycles. The Labute approximate surface area is 135 Å². The van der Waals surface area contributed by atoms with Crippen molar-refractivity contribution in [1.82, 2.24) is 15.5 Å². The molecule has 1 saturated heterocycles. The molecule has 0 aromatic rings. The monoisotopic (exact) mass is 382 g/mol. The lowest BCUT2D eigenvalue weighted by Crippen LogP contribution is -2.42. The molecule has 114 valence electrons. The molecule has 0 amide bonds. The molecule has 4 nitrogen and oxygen atoms in total. The molecule has 2 N–H and O–H groups in total. The van der Waals surface area contributed by atoms with Gasteiger partial charge in [0.15, 0.2) is 5.96 Å². The predicted molar refractivity (Wildman–Crippen MR) is 94.5 cm³/mol. The molecule has 19 heavy (non-hydrogen) atoms. The van der Waals surface area contributed by atoms with Gasteiger partial charge < -0.3 is 15.5 Å². The van der Waals surface area contributed by atoms with E-state index in [2.05, 4.69) is 41.3 Å². The van der Waals surface area contributed by atoms with Crippen LogP contribution in [0.25, 0.3) is 0 Å². The zero-order chi connectivity index (χ0) is 13.4. The number of halogens is 1. The van der Waals surface area contributed by atoms with Gasteiger partial charge in [0.05, 0.1) is 0 Å². The van der Waals surface area contributed by atoms with Crippen LogP contribution in [0.15, 0.2) is 4.99 Å². The molecule has 0 atom stereocenters. The number of guanidine groups is 1. The summed E-state index contributed by atoms with van der Waals surface area (Å²) in [6, 6.07) is 0.430. The normalized spacial score (nSPS) is 18.3. The Morgan fingerprint density at radius 1 is 1.32 bits per heavy atom. The van der Waals surface area contributed by atoms with Crippen molar-refractivity contribution < 1.29 is 0 Å². The van der Waals surface area contributed by atoms with Crippen LogP contribution in [-0.2, 0) is 0 Å². The van der Waals surface area contributed by atoms with Crippen LogP contribution in [0, 0.1) is 5.92 Å². The van der Waals surface area contributed by atoms with Crippen molar-refractivity contribution in [2.45, 2.75) is 46.1 Å². The van der Waals surface area contributed by atoms with Gasteiger partial charge in [0.1, 0.15) is 0 Å². The smallest absolute Gasteiger partial charge is 0.191 e. The molecular weight excluding hydrogens is 351 g/mol. The predicted octanol–water partition coefficient (Wildman–Crippen LogP) is 2.30. The maximum Gasteiger partial charge on any atom is 0.191 e. The number of rotatable bonds is 5. The summed E-state index contributed by atoms with van der Waals surface area (Å²) >= 11 is 0. The first-order valence-electron chi connectivity index (χ1n) is 7.31. The van der Waals surface area contributed by atoms with E-state index in [1.54, 1.807) is 0 Å². The lowest BCUT2D eigenvalue weighted by molar-refractivity contribution is 0.191. The SMILES string of the molecule is CN=C(NCCCN1CCC(C)CC1)NC(C)C.I.